The van der Waals surface area contributed by atoms with Crippen molar-refractivity contribution in [2.75, 3.05) is 52.9 Å². The minimum Gasteiger partial charge on any atom is -0.351 e. The number of guanidine groups is 1. The SMILES string of the molecule is CN=C(NCc1ncccc1C)N1CCN(CC(=O)N2CC(C)CC(C)C2)CC1.I. The zero-order chi connectivity index (χ0) is 20.8. The van der Waals surface area contributed by atoms with Crippen LogP contribution in [0.5, 0.6) is 0 Å². The molecular weight excluding hydrogens is 491 g/mol. The van der Waals surface area contributed by atoms with Crippen molar-refractivity contribution in [3.8, 4) is 0 Å². The number of piperidine rings is 1. The Morgan fingerprint density at radius 1 is 1.17 bits per heavy atom. The Labute approximate surface area is 198 Å². The molecule has 3 rings (SSSR count). The molecule has 30 heavy (non-hydrogen) atoms. The number of aryl methyl sites for hydroxylation is 1. The Balaban J connectivity index is 0.00000320. The fraction of sp³-hybridized carbons (Fsp3) is 0.682. The van der Waals surface area contributed by atoms with Gasteiger partial charge in [-0.15, -0.1) is 24.0 Å². The standard InChI is InChI=1S/C22H36N6O.HI/c1-17-12-18(2)15-28(14-17)21(29)16-26-8-10-27(11-9-26)22(23-4)25-13-20-19(3)6-5-7-24-20;/h5-7,17-18H,8-16H2,1-4H3,(H,23,25);1H. The molecule has 0 saturated carbocycles. The number of carbonyl (C=O) groups excluding carboxylic acids is 1. The van der Waals surface area contributed by atoms with Crippen LogP contribution in [0.4, 0.5) is 0 Å². The molecule has 2 saturated heterocycles. The van der Waals surface area contributed by atoms with Gasteiger partial charge in [-0.05, 0) is 36.8 Å². The molecule has 168 valence electrons. The van der Waals surface area contributed by atoms with Crippen molar-refractivity contribution >= 4 is 35.8 Å². The van der Waals surface area contributed by atoms with Gasteiger partial charge in [0.1, 0.15) is 0 Å². The number of piperazine rings is 1. The van der Waals surface area contributed by atoms with Crippen LogP contribution < -0.4 is 5.32 Å². The minimum absolute atomic E-state index is 0. The van der Waals surface area contributed by atoms with Crippen LogP contribution >= 0.6 is 24.0 Å². The van der Waals surface area contributed by atoms with Crippen LogP contribution in [0.3, 0.4) is 0 Å². The van der Waals surface area contributed by atoms with Crippen LogP contribution in [-0.2, 0) is 11.3 Å². The van der Waals surface area contributed by atoms with E-state index >= 15 is 0 Å². The van der Waals surface area contributed by atoms with Crippen molar-refractivity contribution in [1.29, 1.82) is 0 Å². The number of hydrogen-bond acceptors (Lipinski definition) is 4. The summed E-state index contributed by atoms with van der Waals surface area (Å²) in [5.41, 5.74) is 2.23. The largest absolute Gasteiger partial charge is 0.351 e. The average molecular weight is 528 g/mol. The van der Waals surface area contributed by atoms with E-state index in [4.69, 9.17) is 0 Å². The topological polar surface area (TPSA) is 64.1 Å². The van der Waals surface area contributed by atoms with Gasteiger partial charge in [-0.3, -0.25) is 19.7 Å². The first-order valence-electron chi connectivity index (χ1n) is 10.8. The molecule has 0 spiro atoms. The molecule has 3 heterocycles. The summed E-state index contributed by atoms with van der Waals surface area (Å²) in [6.45, 7) is 13.1. The fourth-order valence-corrected chi connectivity index (χ4v) is 4.47. The van der Waals surface area contributed by atoms with E-state index in [1.807, 2.05) is 19.3 Å². The van der Waals surface area contributed by atoms with Gasteiger partial charge < -0.3 is 15.1 Å². The maximum absolute atomic E-state index is 12.7. The summed E-state index contributed by atoms with van der Waals surface area (Å²) < 4.78 is 0. The summed E-state index contributed by atoms with van der Waals surface area (Å²) in [6, 6.07) is 4.03. The third-order valence-electron chi connectivity index (χ3n) is 6.00. The molecule has 1 aromatic rings. The summed E-state index contributed by atoms with van der Waals surface area (Å²) in [6.07, 6.45) is 3.05. The third-order valence-corrected chi connectivity index (χ3v) is 6.00. The van der Waals surface area contributed by atoms with Crippen molar-refractivity contribution in [3.63, 3.8) is 0 Å². The number of carbonyl (C=O) groups is 1. The Bertz CT molecular complexity index is 709. The third kappa shape index (κ3) is 6.80. The molecule has 2 unspecified atom stereocenters. The van der Waals surface area contributed by atoms with Crippen LogP contribution in [-0.4, -0.2) is 84.4 Å². The Morgan fingerprint density at radius 2 is 1.83 bits per heavy atom. The first-order chi connectivity index (χ1) is 14.0. The smallest absolute Gasteiger partial charge is 0.236 e. The number of halogens is 1. The normalized spacial score (nSPS) is 23.1. The van der Waals surface area contributed by atoms with Gasteiger partial charge in [0, 0.05) is 52.5 Å². The average Bonchev–Trinajstić information content (AvgIpc) is 2.70. The monoisotopic (exact) mass is 528 g/mol. The van der Waals surface area contributed by atoms with Gasteiger partial charge in [0.15, 0.2) is 5.96 Å². The zero-order valence-corrected chi connectivity index (χ0v) is 21.1. The van der Waals surface area contributed by atoms with Crippen molar-refractivity contribution in [3.05, 3.63) is 29.6 Å². The highest BCUT2D eigenvalue weighted by atomic mass is 127. The number of pyridine rings is 1. The van der Waals surface area contributed by atoms with Gasteiger partial charge in [-0.2, -0.15) is 0 Å². The molecule has 0 bridgehead atoms. The molecule has 0 aromatic carbocycles. The quantitative estimate of drug-likeness (QED) is 0.369. The van der Waals surface area contributed by atoms with Crippen LogP contribution in [0.25, 0.3) is 0 Å². The van der Waals surface area contributed by atoms with Gasteiger partial charge in [-0.25, -0.2) is 0 Å². The summed E-state index contributed by atoms with van der Waals surface area (Å²) in [5.74, 6) is 2.40. The van der Waals surface area contributed by atoms with E-state index in [0.29, 0.717) is 24.9 Å². The van der Waals surface area contributed by atoms with E-state index in [-0.39, 0.29) is 29.9 Å². The summed E-state index contributed by atoms with van der Waals surface area (Å²) in [5, 5.41) is 3.43. The lowest BCUT2D eigenvalue weighted by Crippen LogP contribution is -2.55. The first kappa shape index (κ1) is 24.8. The molecule has 2 aliphatic heterocycles. The molecule has 0 radical (unpaired) electrons. The molecule has 7 nitrogen and oxygen atoms in total. The predicted molar refractivity (Wildman–Crippen MR) is 132 cm³/mol. The van der Waals surface area contributed by atoms with E-state index in [1.54, 1.807) is 0 Å². The number of amides is 1. The zero-order valence-electron chi connectivity index (χ0n) is 18.8. The van der Waals surface area contributed by atoms with Crippen LogP contribution in [0.15, 0.2) is 23.3 Å². The highest BCUT2D eigenvalue weighted by molar-refractivity contribution is 14.0. The first-order valence-corrected chi connectivity index (χ1v) is 10.8. The number of aliphatic imine (C=N–C) groups is 1. The van der Waals surface area contributed by atoms with Crippen LogP contribution in [0.2, 0.25) is 0 Å². The van der Waals surface area contributed by atoms with Gasteiger partial charge in [0.2, 0.25) is 5.91 Å². The lowest BCUT2D eigenvalue weighted by atomic mass is 9.92. The van der Waals surface area contributed by atoms with E-state index in [9.17, 15) is 4.79 Å². The van der Waals surface area contributed by atoms with Gasteiger partial charge in [0.25, 0.3) is 0 Å². The lowest BCUT2D eigenvalue weighted by Gasteiger charge is -2.39. The van der Waals surface area contributed by atoms with Crippen molar-refractivity contribution in [1.82, 2.24) is 25.0 Å². The van der Waals surface area contributed by atoms with E-state index in [1.165, 1.54) is 12.0 Å². The second kappa shape index (κ2) is 11.8. The number of likely N-dealkylation sites (tertiary alicyclic amines) is 1. The molecule has 2 aliphatic rings. The van der Waals surface area contributed by atoms with E-state index < -0.39 is 0 Å². The van der Waals surface area contributed by atoms with E-state index in [2.05, 4.69) is 56.8 Å². The number of nitrogens with zero attached hydrogens (tertiary/aromatic N) is 5. The molecule has 1 aromatic heterocycles. The second-order valence-corrected chi connectivity index (χ2v) is 8.68. The number of aromatic nitrogens is 1. The molecular formula is C22H37IN6O. The summed E-state index contributed by atoms with van der Waals surface area (Å²) >= 11 is 0. The molecule has 8 heteroatoms. The van der Waals surface area contributed by atoms with Crippen molar-refractivity contribution < 1.29 is 4.79 Å². The molecule has 2 fully saturated rings. The predicted octanol–water partition coefficient (Wildman–Crippen LogP) is 2.21. The van der Waals surface area contributed by atoms with Crippen LogP contribution in [0, 0.1) is 18.8 Å². The highest BCUT2D eigenvalue weighted by Crippen LogP contribution is 2.21. The summed E-state index contributed by atoms with van der Waals surface area (Å²) in [7, 11) is 1.82. The van der Waals surface area contributed by atoms with Crippen LogP contribution in [0.1, 0.15) is 31.5 Å². The Morgan fingerprint density at radius 3 is 2.43 bits per heavy atom. The van der Waals surface area contributed by atoms with Gasteiger partial charge in [0.05, 0.1) is 18.8 Å². The number of rotatable bonds is 4. The molecule has 1 N–H and O–H groups in total. The molecule has 1 amide bonds. The fourth-order valence-electron chi connectivity index (χ4n) is 4.47. The Kier molecular flexibility index (Phi) is 9.80. The van der Waals surface area contributed by atoms with Crippen molar-refractivity contribution in [2.24, 2.45) is 16.8 Å². The summed E-state index contributed by atoms with van der Waals surface area (Å²) in [4.78, 5) is 28.2. The number of hydrogen-bond donors (Lipinski definition) is 1. The number of nitrogens with one attached hydrogen (secondary N) is 1. The second-order valence-electron chi connectivity index (χ2n) is 8.68. The minimum atomic E-state index is 0. The maximum Gasteiger partial charge on any atom is 0.236 e. The van der Waals surface area contributed by atoms with Crippen molar-refractivity contribution in [2.45, 2.75) is 33.7 Å². The Hall–Kier alpha value is -1.42. The maximum atomic E-state index is 12.7. The highest BCUT2D eigenvalue weighted by Gasteiger charge is 2.28. The lowest BCUT2D eigenvalue weighted by molar-refractivity contribution is -0.135. The molecule has 2 atom stereocenters. The molecule has 0 aliphatic carbocycles. The van der Waals surface area contributed by atoms with Gasteiger partial charge in [-0.1, -0.05) is 19.9 Å². The van der Waals surface area contributed by atoms with E-state index in [0.717, 1.165) is 50.9 Å². The van der Waals surface area contributed by atoms with Gasteiger partial charge >= 0.3 is 0 Å².